The Bertz CT molecular complexity index is 128. The van der Waals surface area contributed by atoms with E-state index < -0.39 is 0 Å². The standard InChI is InChI=1S/C10H23N3/c1-3-12-6-8-13(9-7-12)5-4-10(2)11/h10H,3-9,11H2,1-2H3/t10-/m0/s1. The van der Waals surface area contributed by atoms with Gasteiger partial charge in [0.05, 0.1) is 0 Å². The van der Waals surface area contributed by atoms with E-state index in [-0.39, 0.29) is 0 Å². The summed E-state index contributed by atoms with van der Waals surface area (Å²) in [6, 6.07) is 0.351. The van der Waals surface area contributed by atoms with Gasteiger partial charge >= 0.3 is 0 Å². The van der Waals surface area contributed by atoms with E-state index in [1.165, 1.54) is 39.3 Å². The van der Waals surface area contributed by atoms with Gasteiger partial charge in [-0.2, -0.15) is 0 Å². The molecule has 78 valence electrons. The lowest BCUT2D eigenvalue weighted by Crippen LogP contribution is -2.46. The SMILES string of the molecule is CCN1CCN(CC[C@H](C)N)CC1. The number of nitrogens with zero attached hydrogens (tertiary/aromatic N) is 2. The fourth-order valence-electron chi connectivity index (χ4n) is 1.72. The topological polar surface area (TPSA) is 32.5 Å². The van der Waals surface area contributed by atoms with Crippen LogP contribution in [0.1, 0.15) is 20.3 Å². The van der Waals surface area contributed by atoms with Crippen molar-refractivity contribution in [1.29, 1.82) is 0 Å². The predicted octanol–water partition coefficient (Wildman–Crippen LogP) is 0.361. The summed E-state index contributed by atoms with van der Waals surface area (Å²) < 4.78 is 0. The summed E-state index contributed by atoms with van der Waals surface area (Å²) in [4.78, 5) is 5.03. The summed E-state index contributed by atoms with van der Waals surface area (Å²) in [7, 11) is 0. The van der Waals surface area contributed by atoms with Crippen molar-refractivity contribution in [2.75, 3.05) is 39.3 Å². The highest BCUT2D eigenvalue weighted by molar-refractivity contribution is 4.71. The fourth-order valence-corrected chi connectivity index (χ4v) is 1.72. The summed E-state index contributed by atoms with van der Waals surface area (Å²) in [5.41, 5.74) is 5.73. The Kier molecular flexibility index (Phi) is 4.70. The quantitative estimate of drug-likeness (QED) is 0.686. The summed E-state index contributed by atoms with van der Waals surface area (Å²) in [5.74, 6) is 0. The van der Waals surface area contributed by atoms with Gasteiger partial charge in [-0.15, -0.1) is 0 Å². The van der Waals surface area contributed by atoms with E-state index in [0.717, 1.165) is 6.42 Å². The molecule has 13 heavy (non-hydrogen) atoms. The van der Waals surface area contributed by atoms with E-state index in [9.17, 15) is 0 Å². The van der Waals surface area contributed by atoms with Crippen LogP contribution in [0.3, 0.4) is 0 Å². The first kappa shape index (κ1) is 11.0. The van der Waals surface area contributed by atoms with Crippen molar-refractivity contribution in [2.45, 2.75) is 26.3 Å². The normalized spacial score (nSPS) is 23.3. The molecule has 2 N–H and O–H groups in total. The number of rotatable bonds is 4. The molecule has 0 aromatic carbocycles. The molecule has 1 rings (SSSR count). The summed E-state index contributed by atoms with van der Waals surface area (Å²) in [5, 5.41) is 0. The molecule has 0 bridgehead atoms. The predicted molar refractivity (Wildman–Crippen MR) is 56.8 cm³/mol. The molecule has 1 heterocycles. The van der Waals surface area contributed by atoms with Crippen molar-refractivity contribution in [3.05, 3.63) is 0 Å². The van der Waals surface area contributed by atoms with Gasteiger partial charge in [-0.3, -0.25) is 0 Å². The smallest absolute Gasteiger partial charge is 0.0110 e. The average Bonchev–Trinajstić information content (AvgIpc) is 2.15. The van der Waals surface area contributed by atoms with Gasteiger partial charge in [0.2, 0.25) is 0 Å². The molecule has 1 aliphatic heterocycles. The molecule has 3 nitrogen and oxygen atoms in total. The summed E-state index contributed by atoms with van der Waals surface area (Å²) in [6.07, 6.45) is 1.13. The maximum Gasteiger partial charge on any atom is 0.0110 e. The second-order valence-electron chi connectivity index (χ2n) is 4.04. The van der Waals surface area contributed by atoms with E-state index in [1.54, 1.807) is 0 Å². The highest BCUT2D eigenvalue weighted by Crippen LogP contribution is 2.02. The van der Waals surface area contributed by atoms with Crippen molar-refractivity contribution in [1.82, 2.24) is 9.80 Å². The lowest BCUT2D eigenvalue weighted by molar-refractivity contribution is 0.135. The van der Waals surface area contributed by atoms with Gasteiger partial charge in [0, 0.05) is 32.2 Å². The summed E-state index contributed by atoms with van der Waals surface area (Å²) in [6.45, 7) is 11.6. The van der Waals surface area contributed by atoms with Crippen LogP contribution in [0.5, 0.6) is 0 Å². The molecule has 0 aliphatic carbocycles. The zero-order chi connectivity index (χ0) is 9.68. The minimum Gasteiger partial charge on any atom is -0.328 e. The molecule has 1 saturated heterocycles. The van der Waals surface area contributed by atoms with Gasteiger partial charge in [-0.1, -0.05) is 6.92 Å². The fraction of sp³-hybridized carbons (Fsp3) is 1.00. The lowest BCUT2D eigenvalue weighted by atomic mass is 10.2. The second kappa shape index (κ2) is 5.58. The third-order valence-electron chi connectivity index (χ3n) is 2.81. The third kappa shape index (κ3) is 4.07. The summed E-state index contributed by atoms with van der Waals surface area (Å²) >= 11 is 0. The molecule has 0 amide bonds. The number of hydrogen-bond acceptors (Lipinski definition) is 3. The molecular weight excluding hydrogens is 162 g/mol. The lowest BCUT2D eigenvalue weighted by Gasteiger charge is -2.34. The van der Waals surface area contributed by atoms with Crippen molar-refractivity contribution in [3.8, 4) is 0 Å². The molecule has 0 unspecified atom stereocenters. The first-order valence-corrected chi connectivity index (χ1v) is 5.42. The Labute approximate surface area is 81.9 Å². The average molecular weight is 185 g/mol. The minimum absolute atomic E-state index is 0.351. The van der Waals surface area contributed by atoms with Gasteiger partial charge in [0.15, 0.2) is 0 Å². The van der Waals surface area contributed by atoms with Crippen molar-refractivity contribution < 1.29 is 0 Å². The Morgan fingerprint density at radius 1 is 1.15 bits per heavy atom. The van der Waals surface area contributed by atoms with Crippen LogP contribution >= 0.6 is 0 Å². The van der Waals surface area contributed by atoms with E-state index in [2.05, 4.69) is 23.6 Å². The monoisotopic (exact) mass is 185 g/mol. The van der Waals surface area contributed by atoms with Crippen molar-refractivity contribution in [2.24, 2.45) is 5.73 Å². The first-order valence-electron chi connectivity index (χ1n) is 5.42. The molecular formula is C10H23N3. The minimum atomic E-state index is 0.351. The Hall–Kier alpha value is -0.120. The van der Waals surface area contributed by atoms with Crippen LogP contribution in [0, 0.1) is 0 Å². The molecule has 0 spiro atoms. The van der Waals surface area contributed by atoms with E-state index in [1.807, 2.05) is 0 Å². The highest BCUT2D eigenvalue weighted by atomic mass is 15.3. The van der Waals surface area contributed by atoms with Crippen LogP contribution in [-0.2, 0) is 0 Å². The number of hydrogen-bond donors (Lipinski definition) is 1. The Morgan fingerprint density at radius 2 is 1.69 bits per heavy atom. The van der Waals surface area contributed by atoms with Gasteiger partial charge < -0.3 is 15.5 Å². The van der Waals surface area contributed by atoms with E-state index in [0.29, 0.717) is 6.04 Å². The van der Waals surface area contributed by atoms with E-state index >= 15 is 0 Å². The number of piperazine rings is 1. The van der Waals surface area contributed by atoms with Crippen LogP contribution in [0.15, 0.2) is 0 Å². The maximum absolute atomic E-state index is 5.73. The molecule has 0 aromatic heterocycles. The Balaban J connectivity index is 2.10. The third-order valence-corrected chi connectivity index (χ3v) is 2.81. The van der Waals surface area contributed by atoms with Crippen molar-refractivity contribution in [3.63, 3.8) is 0 Å². The zero-order valence-electron chi connectivity index (χ0n) is 9.00. The Morgan fingerprint density at radius 3 is 2.15 bits per heavy atom. The van der Waals surface area contributed by atoms with Gasteiger partial charge in [-0.05, 0) is 26.4 Å². The van der Waals surface area contributed by atoms with Crippen LogP contribution in [0.2, 0.25) is 0 Å². The van der Waals surface area contributed by atoms with E-state index in [4.69, 9.17) is 5.73 Å². The largest absolute Gasteiger partial charge is 0.328 e. The molecule has 1 atom stereocenters. The van der Waals surface area contributed by atoms with Gasteiger partial charge in [-0.25, -0.2) is 0 Å². The maximum atomic E-state index is 5.73. The van der Waals surface area contributed by atoms with Gasteiger partial charge in [0.1, 0.15) is 0 Å². The second-order valence-corrected chi connectivity index (χ2v) is 4.04. The molecule has 0 radical (unpaired) electrons. The van der Waals surface area contributed by atoms with Crippen LogP contribution in [0.4, 0.5) is 0 Å². The number of nitrogens with two attached hydrogens (primary N) is 1. The van der Waals surface area contributed by atoms with Crippen molar-refractivity contribution >= 4 is 0 Å². The zero-order valence-corrected chi connectivity index (χ0v) is 9.00. The van der Waals surface area contributed by atoms with Crippen LogP contribution < -0.4 is 5.73 Å². The molecule has 0 aromatic rings. The van der Waals surface area contributed by atoms with Gasteiger partial charge in [0.25, 0.3) is 0 Å². The molecule has 1 aliphatic rings. The molecule has 0 saturated carbocycles. The van der Waals surface area contributed by atoms with Crippen LogP contribution in [-0.4, -0.2) is 55.1 Å². The molecule has 3 heteroatoms. The first-order chi connectivity index (χ1) is 6.22. The molecule has 1 fully saturated rings. The number of likely N-dealkylation sites (N-methyl/N-ethyl adjacent to an activating group) is 1. The highest BCUT2D eigenvalue weighted by Gasteiger charge is 2.14. The van der Waals surface area contributed by atoms with Crippen LogP contribution in [0.25, 0.3) is 0 Å².